The number of para-hydroxylation sites is 2. The van der Waals surface area contributed by atoms with Gasteiger partial charge in [0.1, 0.15) is 5.82 Å². The van der Waals surface area contributed by atoms with Crippen molar-refractivity contribution in [3.05, 3.63) is 30.5 Å². The number of anilines is 1. The SMILES string of the molecule is COCCN(C)CCNc1cnc2ccccc2n1. The van der Waals surface area contributed by atoms with E-state index in [1.165, 1.54) is 0 Å². The van der Waals surface area contributed by atoms with Crippen molar-refractivity contribution in [3.8, 4) is 0 Å². The van der Waals surface area contributed by atoms with Gasteiger partial charge in [-0.15, -0.1) is 0 Å². The number of hydrogen-bond acceptors (Lipinski definition) is 5. The van der Waals surface area contributed by atoms with Crippen molar-refractivity contribution < 1.29 is 4.74 Å². The summed E-state index contributed by atoms with van der Waals surface area (Å²) in [5.74, 6) is 0.818. The maximum atomic E-state index is 5.04. The average Bonchev–Trinajstić information content (AvgIpc) is 2.45. The van der Waals surface area contributed by atoms with E-state index >= 15 is 0 Å². The number of rotatable bonds is 7. The number of methoxy groups -OCH3 is 1. The molecule has 0 spiro atoms. The summed E-state index contributed by atoms with van der Waals surface area (Å²) in [7, 11) is 3.80. The Bertz CT molecular complexity index is 518. The minimum Gasteiger partial charge on any atom is -0.383 e. The zero-order valence-electron chi connectivity index (χ0n) is 11.5. The van der Waals surface area contributed by atoms with Crippen LogP contribution in [0.2, 0.25) is 0 Å². The van der Waals surface area contributed by atoms with E-state index in [4.69, 9.17) is 4.74 Å². The van der Waals surface area contributed by atoms with E-state index in [0.29, 0.717) is 0 Å². The first-order chi connectivity index (χ1) is 9.29. The Morgan fingerprint density at radius 1 is 1.21 bits per heavy atom. The second-order valence-electron chi connectivity index (χ2n) is 4.47. The number of likely N-dealkylation sites (N-methyl/N-ethyl adjacent to an activating group) is 1. The first kappa shape index (κ1) is 13.7. The van der Waals surface area contributed by atoms with E-state index in [1.54, 1.807) is 13.3 Å². The van der Waals surface area contributed by atoms with Gasteiger partial charge in [0.2, 0.25) is 0 Å². The molecule has 2 aromatic rings. The van der Waals surface area contributed by atoms with Crippen molar-refractivity contribution in [1.82, 2.24) is 14.9 Å². The van der Waals surface area contributed by atoms with E-state index in [-0.39, 0.29) is 0 Å². The molecule has 0 fully saturated rings. The van der Waals surface area contributed by atoms with Crippen molar-refractivity contribution in [3.63, 3.8) is 0 Å². The largest absolute Gasteiger partial charge is 0.383 e. The summed E-state index contributed by atoms with van der Waals surface area (Å²) in [6.45, 7) is 3.47. The molecule has 0 radical (unpaired) electrons. The molecule has 1 heterocycles. The second kappa shape index (κ2) is 7.01. The minimum absolute atomic E-state index is 0.756. The van der Waals surface area contributed by atoms with Gasteiger partial charge in [-0.25, -0.2) is 4.98 Å². The summed E-state index contributed by atoms with van der Waals surface area (Å²) in [5.41, 5.74) is 1.84. The van der Waals surface area contributed by atoms with Gasteiger partial charge in [-0.2, -0.15) is 0 Å². The molecule has 1 aromatic carbocycles. The lowest BCUT2D eigenvalue weighted by Gasteiger charge is -2.16. The van der Waals surface area contributed by atoms with Crippen LogP contribution in [-0.4, -0.2) is 55.3 Å². The lowest BCUT2D eigenvalue weighted by molar-refractivity contribution is 0.163. The number of aromatic nitrogens is 2. The fraction of sp³-hybridized carbons (Fsp3) is 0.429. The molecule has 1 aromatic heterocycles. The van der Waals surface area contributed by atoms with E-state index < -0.39 is 0 Å². The zero-order chi connectivity index (χ0) is 13.5. The molecular formula is C14H20N4O. The quantitative estimate of drug-likeness (QED) is 0.820. The van der Waals surface area contributed by atoms with Gasteiger partial charge in [0, 0.05) is 26.7 Å². The Kier molecular flexibility index (Phi) is 5.06. The van der Waals surface area contributed by atoms with Crippen molar-refractivity contribution >= 4 is 16.9 Å². The second-order valence-corrected chi connectivity index (χ2v) is 4.47. The summed E-state index contributed by atoms with van der Waals surface area (Å²) >= 11 is 0. The van der Waals surface area contributed by atoms with Crippen LogP contribution in [0.15, 0.2) is 30.5 Å². The Morgan fingerprint density at radius 2 is 2.00 bits per heavy atom. The molecule has 0 aliphatic heterocycles. The van der Waals surface area contributed by atoms with E-state index in [0.717, 1.165) is 43.1 Å². The summed E-state index contributed by atoms with van der Waals surface area (Å²) in [5, 5.41) is 3.29. The van der Waals surface area contributed by atoms with Gasteiger partial charge in [-0.1, -0.05) is 12.1 Å². The highest BCUT2D eigenvalue weighted by Gasteiger charge is 2.00. The Hall–Kier alpha value is -1.72. The van der Waals surface area contributed by atoms with Gasteiger partial charge >= 0.3 is 0 Å². The topological polar surface area (TPSA) is 50.3 Å². The predicted octanol–water partition coefficient (Wildman–Crippen LogP) is 1.62. The third-order valence-corrected chi connectivity index (χ3v) is 2.93. The van der Waals surface area contributed by atoms with Crippen molar-refractivity contribution in [2.75, 3.05) is 45.7 Å². The number of nitrogens with zero attached hydrogens (tertiary/aromatic N) is 3. The molecular weight excluding hydrogens is 240 g/mol. The standard InChI is InChI=1S/C14H20N4O/c1-18(9-10-19-2)8-7-15-14-11-16-12-5-3-4-6-13(12)17-14/h3-6,11H,7-10H2,1-2H3,(H,15,17). The maximum Gasteiger partial charge on any atom is 0.145 e. The third-order valence-electron chi connectivity index (χ3n) is 2.93. The molecule has 0 amide bonds. The summed E-state index contributed by atoms with van der Waals surface area (Å²) < 4.78 is 5.04. The van der Waals surface area contributed by atoms with Crippen molar-refractivity contribution in [2.24, 2.45) is 0 Å². The Balaban J connectivity index is 1.84. The molecule has 2 rings (SSSR count). The number of ether oxygens (including phenoxy) is 1. The van der Waals surface area contributed by atoms with Gasteiger partial charge in [0.25, 0.3) is 0 Å². The molecule has 5 heteroatoms. The molecule has 0 atom stereocenters. The molecule has 1 N–H and O–H groups in total. The minimum atomic E-state index is 0.756. The zero-order valence-corrected chi connectivity index (χ0v) is 11.5. The van der Waals surface area contributed by atoms with Crippen LogP contribution >= 0.6 is 0 Å². The highest BCUT2D eigenvalue weighted by molar-refractivity contribution is 5.75. The summed E-state index contributed by atoms with van der Waals surface area (Å²) in [6, 6.07) is 7.87. The first-order valence-corrected chi connectivity index (χ1v) is 6.43. The molecule has 102 valence electrons. The Labute approximate surface area is 113 Å². The van der Waals surface area contributed by atoms with Gasteiger partial charge in [-0.3, -0.25) is 4.98 Å². The monoisotopic (exact) mass is 260 g/mol. The molecule has 5 nitrogen and oxygen atoms in total. The maximum absolute atomic E-state index is 5.04. The van der Waals surface area contributed by atoms with Gasteiger partial charge in [-0.05, 0) is 19.2 Å². The third kappa shape index (κ3) is 4.15. The van der Waals surface area contributed by atoms with Crippen molar-refractivity contribution in [2.45, 2.75) is 0 Å². The number of nitrogens with one attached hydrogen (secondary N) is 1. The fourth-order valence-electron chi connectivity index (χ4n) is 1.78. The highest BCUT2D eigenvalue weighted by atomic mass is 16.5. The van der Waals surface area contributed by atoms with Crippen LogP contribution in [0, 0.1) is 0 Å². The summed E-state index contributed by atoms with van der Waals surface area (Å²) in [4.78, 5) is 11.1. The average molecular weight is 260 g/mol. The van der Waals surface area contributed by atoms with Crippen molar-refractivity contribution in [1.29, 1.82) is 0 Å². The summed E-state index contributed by atoms with van der Waals surface area (Å²) in [6.07, 6.45) is 1.78. The van der Waals surface area contributed by atoms with Crippen LogP contribution in [0.5, 0.6) is 0 Å². The number of fused-ring (bicyclic) bond motifs is 1. The van der Waals surface area contributed by atoms with E-state index in [2.05, 4.69) is 27.2 Å². The molecule has 0 aliphatic carbocycles. The predicted molar refractivity (Wildman–Crippen MR) is 77.4 cm³/mol. The molecule has 0 saturated heterocycles. The highest BCUT2D eigenvalue weighted by Crippen LogP contribution is 2.10. The smallest absolute Gasteiger partial charge is 0.145 e. The molecule has 0 saturated carbocycles. The van der Waals surface area contributed by atoms with Crippen LogP contribution < -0.4 is 5.32 Å². The van der Waals surface area contributed by atoms with Gasteiger partial charge in [0.15, 0.2) is 0 Å². The van der Waals surface area contributed by atoms with E-state index in [9.17, 15) is 0 Å². The lowest BCUT2D eigenvalue weighted by Crippen LogP contribution is -2.28. The van der Waals surface area contributed by atoms with E-state index in [1.807, 2.05) is 24.3 Å². The molecule has 19 heavy (non-hydrogen) atoms. The molecule has 0 aliphatic rings. The normalized spacial score (nSPS) is 11.1. The van der Waals surface area contributed by atoms with Gasteiger partial charge < -0.3 is 15.0 Å². The van der Waals surface area contributed by atoms with Crippen LogP contribution in [0.25, 0.3) is 11.0 Å². The fourth-order valence-corrected chi connectivity index (χ4v) is 1.78. The lowest BCUT2D eigenvalue weighted by atomic mass is 10.3. The molecule has 0 unspecified atom stereocenters. The first-order valence-electron chi connectivity index (χ1n) is 6.43. The number of hydrogen-bond donors (Lipinski definition) is 1. The Morgan fingerprint density at radius 3 is 2.79 bits per heavy atom. The molecule has 0 bridgehead atoms. The van der Waals surface area contributed by atoms with Gasteiger partial charge in [0.05, 0.1) is 23.8 Å². The van der Waals surface area contributed by atoms with Crippen LogP contribution in [-0.2, 0) is 4.74 Å². The van der Waals surface area contributed by atoms with Crippen LogP contribution in [0.4, 0.5) is 5.82 Å². The number of benzene rings is 1. The van der Waals surface area contributed by atoms with Crippen LogP contribution in [0.1, 0.15) is 0 Å². The van der Waals surface area contributed by atoms with Crippen LogP contribution in [0.3, 0.4) is 0 Å².